The Morgan fingerprint density at radius 2 is 2.26 bits per heavy atom. The molecule has 0 saturated heterocycles. The van der Waals surface area contributed by atoms with Gasteiger partial charge >= 0.3 is 0 Å². The Morgan fingerprint density at radius 3 is 2.83 bits per heavy atom. The summed E-state index contributed by atoms with van der Waals surface area (Å²) in [5.41, 5.74) is 0.542. The van der Waals surface area contributed by atoms with Gasteiger partial charge < -0.3 is 19.8 Å². The fourth-order valence-corrected chi connectivity index (χ4v) is 3.68. The molecule has 23 heavy (non-hydrogen) atoms. The highest BCUT2D eigenvalue weighted by atomic mass is 16.5. The molecule has 2 aliphatic carbocycles. The van der Waals surface area contributed by atoms with Crippen LogP contribution in [0.25, 0.3) is 0 Å². The highest BCUT2D eigenvalue weighted by Crippen LogP contribution is 2.57. The summed E-state index contributed by atoms with van der Waals surface area (Å²) in [7, 11) is 0. The lowest BCUT2D eigenvalue weighted by molar-refractivity contribution is -0.176. The maximum atomic E-state index is 12.4. The van der Waals surface area contributed by atoms with Gasteiger partial charge in [-0.05, 0) is 39.2 Å². The van der Waals surface area contributed by atoms with E-state index in [2.05, 4.69) is 10.6 Å². The van der Waals surface area contributed by atoms with Crippen LogP contribution in [0.3, 0.4) is 0 Å². The van der Waals surface area contributed by atoms with Crippen molar-refractivity contribution in [3.8, 4) is 0 Å². The first-order valence-corrected chi connectivity index (χ1v) is 8.32. The Kier molecular flexibility index (Phi) is 4.43. The number of nitrogens with one attached hydrogen (secondary N) is 2. The molecule has 1 aromatic rings. The van der Waals surface area contributed by atoms with E-state index in [1.807, 2.05) is 6.92 Å². The first kappa shape index (κ1) is 16.1. The average molecular weight is 320 g/mol. The van der Waals surface area contributed by atoms with Gasteiger partial charge in [0.2, 0.25) is 5.91 Å². The summed E-state index contributed by atoms with van der Waals surface area (Å²) in [6.07, 6.45) is 7.34. The third-order valence-electron chi connectivity index (χ3n) is 5.28. The Morgan fingerprint density at radius 1 is 1.48 bits per heavy atom. The van der Waals surface area contributed by atoms with Crippen molar-refractivity contribution in [2.45, 2.75) is 57.7 Å². The predicted octanol–water partition coefficient (Wildman–Crippen LogP) is 1.86. The quantitative estimate of drug-likeness (QED) is 0.838. The predicted molar refractivity (Wildman–Crippen MR) is 83.9 cm³/mol. The van der Waals surface area contributed by atoms with Crippen molar-refractivity contribution in [3.05, 3.63) is 24.2 Å². The minimum absolute atomic E-state index is 0.125. The van der Waals surface area contributed by atoms with Crippen LogP contribution >= 0.6 is 0 Å². The third-order valence-corrected chi connectivity index (χ3v) is 5.28. The van der Waals surface area contributed by atoms with Gasteiger partial charge in [-0.2, -0.15) is 0 Å². The average Bonchev–Trinajstić information content (AvgIpc) is 2.98. The van der Waals surface area contributed by atoms with Crippen molar-refractivity contribution >= 4 is 11.8 Å². The molecule has 6 nitrogen and oxygen atoms in total. The molecule has 1 aromatic heterocycles. The number of amides is 2. The molecule has 2 saturated carbocycles. The second-order valence-electron chi connectivity index (χ2n) is 6.53. The lowest BCUT2D eigenvalue weighted by Gasteiger charge is -2.61. The van der Waals surface area contributed by atoms with E-state index < -0.39 is 6.04 Å². The summed E-state index contributed by atoms with van der Waals surface area (Å²) in [6, 6.07) is 1.15. The maximum Gasteiger partial charge on any atom is 0.255 e. The lowest BCUT2D eigenvalue weighted by Crippen LogP contribution is -2.68. The van der Waals surface area contributed by atoms with Crippen molar-refractivity contribution in [2.75, 3.05) is 6.61 Å². The van der Waals surface area contributed by atoms with Gasteiger partial charge in [-0.3, -0.25) is 9.59 Å². The molecule has 3 atom stereocenters. The van der Waals surface area contributed by atoms with E-state index in [1.54, 1.807) is 13.0 Å². The Balaban J connectivity index is 1.52. The Labute approximate surface area is 135 Å². The molecule has 0 radical (unpaired) electrons. The van der Waals surface area contributed by atoms with Crippen LogP contribution in [0.1, 0.15) is 49.9 Å². The number of carbonyl (C=O) groups excluding carboxylic acids is 2. The van der Waals surface area contributed by atoms with E-state index in [0.717, 1.165) is 19.3 Å². The molecule has 1 heterocycles. The number of hydrogen-bond donors (Lipinski definition) is 2. The molecule has 2 aliphatic rings. The SMILES string of the molecule is CCOC1CC(NC(=O)C(C)NC(=O)c2ccoc2)C12CCC2. The summed E-state index contributed by atoms with van der Waals surface area (Å²) >= 11 is 0. The zero-order chi connectivity index (χ0) is 16.4. The largest absolute Gasteiger partial charge is 0.472 e. The minimum atomic E-state index is -0.583. The minimum Gasteiger partial charge on any atom is -0.472 e. The standard InChI is InChI=1S/C17H24N2O4/c1-3-23-14-9-13(17(14)6-4-7-17)19-15(20)11(2)18-16(21)12-5-8-22-10-12/h5,8,10-11,13-14H,3-4,6-7,9H2,1-2H3,(H,18,21)(H,19,20). The topological polar surface area (TPSA) is 80.6 Å². The van der Waals surface area contributed by atoms with Gasteiger partial charge in [0.15, 0.2) is 0 Å². The number of carbonyl (C=O) groups is 2. The zero-order valence-electron chi connectivity index (χ0n) is 13.6. The van der Waals surface area contributed by atoms with Crippen LogP contribution in [0.5, 0.6) is 0 Å². The summed E-state index contributed by atoms with van der Waals surface area (Å²) in [5.74, 6) is -0.450. The van der Waals surface area contributed by atoms with Crippen molar-refractivity contribution in [1.29, 1.82) is 0 Å². The number of hydrogen-bond acceptors (Lipinski definition) is 4. The first-order chi connectivity index (χ1) is 11.1. The van der Waals surface area contributed by atoms with E-state index >= 15 is 0 Å². The molecule has 3 unspecified atom stereocenters. The van der Waals surface area contributed by atoms with Gasteiger partial charge in [0, 0.05) is 18.1 Å². The van der Waals surface area contributed by atoms with Crippen LogP contribution in [-0.4, -0.2) is 36.6 Å². The zero-order valence-corrected chi connectivity index (χ0v) is 13.6. The van der Waals surface area contributed by atoms with E-state index in [9.17, 15) is 9.59 Å². The fraction of sp³-hybridized carbons (Fsp3) is 0.647. The van der Waals surface area contributed by atoms with Crippen LogP contribution in [0.2, 0.25) is 0 Å². The lowest BCUT2D eigenvalue weighted by atomic mass is 9.51. The van der Waals surface area contributed by atoms with E-state index in [4.69, 9.17) is 9.15 Å². The van der Waals surface area contributed by atoms with Crippen LogP contribution in [0.15, 0.2) is 23.0 Å². The summed E-state index contributed by atoms with van der Waals surface area (Å²) in [6.45, 7) is 4.41. The normalized spacial score (nSPS) is 26.0. The molecule has 6 heteroatoms. The second kappa shape index (κ2) is 6.35. The van der Waals surface area contributed by atoms with E-state index in [0.29, 0.717) is 12.2 Å². The monoisotopic (exact) mass is 320 g/mol. The van der Waals surface area contributed by atoms with Gasteiger partial charge in [0.25, 0.3) is 5.91 Å². The molecule has 2 fully saturated rings. The maximum absolute atomic E-state index is 12.4. The summed E-state index contributed by atoms with van der Waals surface area (Å²) in [4.78, 5) is 24.3. The molecular weight excluding hydrogens is 296 g/mol. The number of furan rings is 1. The van der Waals surface area contributed by atoms with Crippen LogP contribution in [-0.2, 0) is 9.53 Å². The Hall–Kier alpha value is -1.82. The van der Waals surface area contributed by atoms with Crippen LogP contribution in [0, 0.1) is 5.41 Å². The molecule has 0 aliphatic heterocycles. The third kappa shape index (κ3) is 2.87. The highest BCUT2D eigenvalue weighted by molar-refractivity contribution is 5.97. The molecule has 2 N–H and O–H groups in total. The smallest absolute Gasteiger partial charge is 0.255 e. The van der Waals surface area contributed by atoms with Crippen molar-refractivity contribution < 1.29 is 18.7 Å². The molecule has 0 aromatic carbocycles. The van der Waals surface area contributed by atoms with E-state index in [1.165, 1.54) is 18.9 Å². The number of ether oxygens (including phenoxy) is 1. The Bertz CT molecular complexity index is 565. The first-order valence-electron chi connectivity index (χ1n) is 8.32. The van der Waals surface area contributed by atoms with Crippen molar-refractivity contribution in [2.24, 2.45) is 5.41 Å². The molecule has 3 rings (SSSR count). The summed E-state index contributed by atoms with van der Waals surface area (Å²) in [5, 5.41) is 5.78. The molecule has 2 amide bonds. The van der Waals surface area contributed by atoms with Crippen LogP contribution < -0.4 is 10.6 Å². The fourth-order valence-electron chi connectivity index (χ4n) is 3.68. The molecule has 1 spiro atoms. The molecule has 0 bridgehead atoms. The van der Waals surface area contributed by atoms with Gasteiger partial charge in [-0.1, -0.05) is 6.42 Å². The summed E-state index contributed by atoms with van der Waals surface area (Å²) < 4.78 is 10.7. The second-order valence-corrected chi connectivity index (χ2v) is 6.53. The van der Waals surface area contributed by atoms with Crippen LogP contribution in [0.4, 0.5) is 0 Å². The van der Waals surface area contributed by atoms with E-state index in [-0.39, 0.29) is 29.4 Å². The molecular formula is C17H24N2O4. The van der Waals surface area contributed by atoms with Gasteiger partial charge in [0.05, 0.1) is 17.9 Å². The highest BCUT2D eigenvalue weighted by Gasteiger charge is 2.59. The van der Waals surface area contributed by atoms with Crippen molar-refractivity contribution in [3.63, 3.8) is 0 Å². The number of rotatable bonds is 6. The van der Waals surface area contributed by atoms with Gasteiger partial charge in [-0.25, -0.2) is 0 Å². The van der Waals surface area contributed by atoms with Crippen molar-refractivity contribution in [1.82, 2.24) is 10.6 Å². The molecule has 126 valence electrons. The van der Waals surface area contributed by atoms with Gasteiger partial charge in [0.1, 0.15) is 12.3 Å². The van der Waals surface area contributed by atoms with Gasteiger partial charge in [-0.15, -0.1) is 0 Å².